The van der Waals surface area contributed by atoms with Crippen LogP contribution in [0.15, 0.2) is 24.3 Å². The lowest BCUT2D eigenvalue weighted by Gasteiger charge is -2.22. The van der Waals surface area contributed by atoms with Crippen molar-refractivity contribution in [1.82, 2.24) is 4.90 Å². The number of hydrogen-bond acceptors (Lipinski definition) is 2. The molecule has 0 saturated heterocycles. The molecule has 0 aromatic heterocycles. The number of carbonyl (C=O) groups is 1. The maximum atomic E-state index is 12.3. The minimum Gasteiger partial charge on any atom is -0.395 e. The summed E-state index contributed by atoms with van der Waals surface area (Å²) in [7, 11) is 0. The molecule has 0 aliphatic carbocycles. The Labute approximate surface area is 103 Å². The molecule has 0 atom stereocenters. The predicted octanol–water partition coefficient (Wildman–Crippen LogP) is 2.09. The third kappa shape index (κ3) is 3.56. The van der Waals surface area contributed by atoms with Gasteiger partial charge in [0.1, 0.15) is 0 Å². The van der Waals surface area contributed by atoms with Crippen LogP contribution in [0.1, 0.15) is 36.2 Å². The Hall–Kier alpha value is -1.35. The first-order chi connectivity index (χ1) is 8.24. The number of benzene rings is 1. The third-order valence-electron chi connectivity index (χ3n) is 2.78. The van der Waals surface area contributed by atoms with E-state index in [1.807, 2.05) is 38.1 Å². The van der Waals surface area contributed by atoms with Crippen LogP contribution in [0.2, 0.25) is 0 Å². The Kier molecular flexibility index (Phi) is 5.70. The molecule has 0 spiro atoms. The summed E-state index contributed by atoms with van der Waals surface area (Å²) in [4.78, 5) is 14.0. The first-order valence-corrected chi connectivity index (χ1v) is 6.22. The Morgan fingerprint density at radius 1 is 1.24 bits per heavy atom. The minimum absolute atomic E-state index is 0.0139. The molecule has 0 aliphatic rings. The van der Waals surface area contributed by atoms with E-state index in [1.165, 1.54) is 0 Å². The largest absolute Gasteiger partial charge is 0.395 e. The third-order valence-corrected chi connectivity index (χ3v) is 2.78. The van der Waals surface area contributed by atoms with Crippen molar-refractivity contribution in [1.29, 1.82) is 0 Å². The molecule has 1 aromatic rings. The highest BCUT2D eigenvalue weighted by Crippen LogP contribution is 2.12. The van der Waals surface area contributed by atoms with Crippen LogP contribution in [0.25, 0.3) is 0 Å². The van der Waals surface area contributed by atoms with E-state index in [0.717, 1.165) is 24.0 Å². The van der Waals surface area contributed by atoms with Gasteiger partial charge >= 0.3 is 0 Å². The van der Waals surface area contributed by atoms with Gasteiger partial charge < -0.3 is 10.0 Å². The van der Waals surface area contributed by atoms with Crippen molar-refractivity contribution in [3.63, 3.8) is 0 Å². The first kappa shape index (κ1) is 13.7. The molecule has 0 saturated carbocycles. The normalized spacial score (nSPS) is 10.3. The van der Waals surface area contributed by atoms with Crippen molar-refractivity contribution >= 4 is 5.91 Å². The molecule has 17 heavy (non-hydrogen) atoms. The molecule has 0 unspecified atom stereocenters. The van der Waals surface area contributed by atoms with E-state index in [1.54, 1.807) is 4.90 Å². The van der Waals surface area contributed by atoms with Crippen molar-refractivity contribution in [3.8, 4) is 0 Å². The number of aliphatic hydroxyl groups is 1. The van der Waals surface area contributed by atoms with Crippen LogP contribution in [0.3, 0.4) is 0 Å². The number of carbonyl (C=O) groups excluding carboxylic acids is 1. The van der Waals surface area contributed by atoms with Crippen LogP contribution >= 0.6 is 0 Å². The van der Waals surface area contributed by atoms with Crippen molar-refractivity contribution < 1.29 is 9.90 Å². The van der Waals surface area contributed by atoms with E-state index in [2.05, 4.69) is 0 Å². The van der Waals surface area contributed by atoms with Crippen LogP contribution in [0.5, 0.6) is 0 Å². The van der Waals surface area contributed by atoms with Crippen LogP contribution in [0.4, 0.5) is 0 Å². The van der Waals surface area contributed by atoms with Crippen molar-refractivity contribution in [2.24, 2.45) is 0 Å². The van der Waals surface area contributed by atoms with E-state index < -0.39 is 0 Å². The highest BCUT2D eigenvalue weighted by atomic mass is 16.3. The Morgan fingerprint density at radius 2 is 1.94 bits per heavy atom. The second-order valence-electron chi connectivity index (χ2n) is 4.03. The van der Waals surface area contributed by atoms with E-state index in [-0.39, 0.29) is 12.5 Å². The average molecular weight is 235 g/mol. The smallest absolute Gasteiger partial charge is 0.254 e. The van der Waals surface area contributed by atoms with E-state index in [0.29, 0.717) is 13.1 Å². The number of rotatable bonds is 6. The second-order valence-corrected chi connectivity index (χ2v) is 4.03. The quantitative estimate of drug-likeness (QED) is 0.820. The summed E-state index contributed by atoms with van der Waals surface area (Å²) in [6.45, 7) is 5.19. The zero-order chi connectivity index (χ0) is 12.7. The van der Waals surface area contributed by atoms with Gasteiger partial charge in [-0.05, 0) is 24.5 Å². The zero-order valence-electron chi connectivity index (χ0n) is 10.6. The van der Waals surface area contributed by atoms with E-state index in [4.69, 9.17) is 5.11 Å². The standard InChI is InChI=1S/C14H21NO2/c1-3-9-15(10-11-16)14(17)13-8-6-5-7-12(13)4-2/h5-8,16H,3-4,9-11H2,1-2H3. The molecule has 1 rings (SSSR count). The number of aryl methyl sites for hydroxylation is 1. The molecule has 3 nitrogen and oxygen atoms in total. The van der Waals surface area contributed by atoms with Crippen molar-refractivity contribution in [2.75, 3.05) is 19.7 Å². The summed E-state index contributed by atoms with van der Waals surface area (Å²) in [5.74, 6) is 0.0263. The van der Waals surface area contributed by atoms with Gasteiger partial charge in [-0.2, -0.15) is 0 Å². The van der Waals surface area contributed by atoms with Crippen molar-refractivity contribution in [3.05, 3.63) is 35.4 Å². The van der Waals surface area contributed by atoms with E-state index >= 15 is 0 Å². The van der Waals surface area contributed by atoms with Gasteiger partial charge in [0.05, 0.1) is 6.61 Å². The fourth-order valence-electron chi connectivity index (χ4n) is 1.91. The van der Waals surface area contributed by atoms with Crippen molar-refractivity contribution in [2.45, 2.75) is 26.7 Å². The fraction of sp³-hybridized carbons (Fsp3) is 0.500. The van der Waals surface area contributed by atoms with Gasteiger partial charge in [-0.25, -0.2) is 0 Å². The molecule has 0 radical (unpaired) electrons. The first-order valence-electron chi connectivity index (χ1n) is 6.22. The zero-order valence-corrected chi connectivity index (χ0v) is 10.6. The maximum absolute atomic E-state index is 12.3. The molecular weight excluding hydrogens is 214 g/mol. The van der Waals surface area contributed by atoms with Gasteiger partial charge in [-0.15, -0.1) is 0 Å². The topological polar surface area (TPSA) is 40.5 Å². The lowest BCUT2D eigenvalue weighted by Crippen LogP contribution is -2.34. The van der Waals surface area contributed by atoms with Gasteiger partial charge in [0.15, 0.2) is 0 Å². The second kappa shape index (κ2) is 7.07. The molecule has 0 bridgehead atoms. The van der Waals surface area contributed by atoms with Crippen LogP contribution < -0.4 is 0 Å². The predicted molar refractivity (Wildman–Crippen MR) is 69.1 cm³/mol. The lowest BCUT2D eigenvalue weighted by molar-refractivity contribution is 0.0721. The summed E-state index contributed by atoms with van der Waals surface area (Å²) in [6.07, 6.45) is 1.75. The molecule has 94 valence electrons. The monoisotopic (exact) mass is 235 g/mol. The number of hydrogen-bond donors (Lipinski definition) is 1. The lowest BCUT2D eigenvalue weighted by atomic mass is 10.0. The molecule has 0 fully saturated rings. The highest BCUT2D eigenvalue weighted by molar-refractivity contribution is 5.95. The van der Waals surface area contributed by atoms with Crippen LogP contribution in [-0.4, -0.2) is 35.6 Å². The molecule has 1 amide bonds. The van der Waals surface area contributed by atoms with Gasteiger partial charge in [-0.1, -0.05) is 32.0 Å². The van der Waals surface area contributed by atoms with Crippen LogP contribution in [-0.2, 0) is 6.42 Å². The minimum atomic E-state index is 0.0139. The Bertz CT molecular complexity index is 357. The Balaban J connectivity index is 2.92. The fourth-order valence-corrected chi connectivity index (χ4v) is 1.91. The van der Waals surface area contributed by atoms with Gasteiger partial charge in [0, 0.05) is 18.7 Å². The number of nitrogens with zero attached hydrogens (tertiary/aromatic N) is 1. The Morgan fingerprint density at radius 3 is 2.53 bits per heavy atom. The summed E-state index contributed by atoms with van der Waals surface area (Å²) in [5.41, 5.74) is 1.83. The number of aliphatic hydroxyl groups excluding tert-OH is 1. The van der Waals surface area contributed by atoms with Gasteiger partial charge in [0.25, 0.3) is 5.91 Å². The van der Waals surface area contributed by atoms with Gasteiger partial charge in [-0.3, -0.25) is 4.79 Å². The molecule has 0 aliphatic heterocycles. The molecular formula is C14H21NO2. The summed E-state index contributed by atoms with van der Waals surface area (Å²) in [6, 6.07) is 7.68. The molecule has 1 N–H and O–H groups in total. The van der Waals surface area contributed by atoms with Gasteiger partial charge in [0.2, 0.25) is 0 Å². The highest BCUT2D eigenvalue weighted by Gasteiger charge is 2.16. The molecule has 1 aromatic carbocycles. The van der Waals surface area contributed by atoms with Crippen LogP contribution in [0, 0.1) is 0 Å². The SMILES string of the molecule is CCCN(CCO)C(=O)c1ccccc1CC. The average Bonchev–Trinajstić information content (AvgIpc) is 2.37. The summed E-state index contributed by atoms with van der Waals surface area (Å²) < 4.78 is 0. The maximum Gasteiger partial charge on any atom is 0.254 e. The summed E-state index contributed by atoms with van der Waals surface area (Å²) >= 11 is 0. The molecule has 0 heterocycles. The number of amides is 1. The molecule has 3 heteroatoms. The van der Waals surface area contributed by atoms with E-state index in [9.17, 15) is 4.79 Å². The summed E-state index contributed by atoms with van der Waals surface area (Å²) in [5, 5.41) is 8.99.